The molecule has 0 heterocycles. The van der Waals surface area contributed by atoms with Gasteiger partial charge in [-0.3, -0.25) is 0 Å². The second-order valence-corrected chi connectivity index (χ2v) is 0. The van der Waals surface area contributed by atoms with E-state index >= 15 is 0 Å². The van der Waals surface area contributed by atoms with Crippen molar-refractivity contribution in [2.24, 2.45) is 0 Å². The normalized spacial score (nSPS) is 0. The Hall–Kier alpha value is 2.45. The molecule has 0 fully saturated rings. The van der Waals surface area contributed by atoms with Crippen LogP contribution in [0.5, 0.6) is 0 Å². The molecule has 0 rings (SSSR count). The molecule has 0 aliphatic rings. The van der Waals surface area contributed by atoms with Gasteiger partial charge in [0.25, 0.3) is 0 Å². The maximum atomic E-state index is 0. The molecule has 4 radical (unpaired) electrons. The Morgan fingerprint density at radius 2 is 1.00 bits per heavy atom. The van der Waals surface area contributed by atoms with Gasteiger partial charge >= 0.3 is 0 Å². The van der Waals surface area contributed by atoms with Gasteiger partial charge in [-0.2, -0.15) is 0 Å². The molecule has 0 saturated carbocycles. The van der Waals surface area contributed by atoms with Crippen molar-refractivity contribution in [3.63, 3.8) is 0 Å². The van der Waals surface area contributed by atoms with Gasteiger partial charge in [-0.15, -0.1) is 0 Å². The first-order valence-electron chi connectivity index (χ1n) is 0. The fourth-order valence-electron chi connectivity index (χ4n) is 0. The first-order chi connectivity index (χ1) is 0. The van der Waals surface area contributed by atoms with Crippen LogP contribution >= 0.6 is 0 Å². The maximum absolute atomic E-state index is 0. The summed E-state index contributed by atoms with van der Waals surface area (Å²) in [4.78, 5) is 0. The quantitative estimate of drug-likeness (QED) is 0.496. The number of rotatable bonds is 0. The number of hydrogen-bond acceptors (Lipinski definition) is 0. The standard InChI is InChI=1S/Al.Fe.Mn.Zr. The van der Waals surface area contributed by atoms with Crippen LogP contribution in [0.3, 0.4) is 0 Å². The van der Waals surface area contributed by atoms with Gasteiger partial charge in [-0.25, -0.2) is 0 Å². The minimum Gasteiger partial charge on any atom is 0 e. The van der Waals surface area contributed by atoms with E-state index in [-0.39, 0.29) is 77.7 Å². The van der Waals surface area contributed by atoms with Crippen molar-refractivity contribution in [3.05, 3.63) is 0 Å². The first kappa shape index (κ1) is 31.9. The van der Waals surface area contributed by atoms with Crippen LogP contribution < -0.4 is 0 Å². The summed E-state index contributed by atoms with van der Waals surface area (Å²) >= 11 is 0. The van der Waals surface area contributed by atoms with Gasteiger partial charge in [0.1, 0.15) is 0 Å². The van der Waals surface area contributed by atoms with Crippen molar-refractivity contribution in [2.45, 2.75) is 0 Å². The zero-order valence-corrected chi connectivity index (χ0v) is 7.71. The molecule has 22 valence electrons. The van der Waals surface area contributed by atoms with E-state index in [2.05, 4.69) is 0 Å². The summed E-state index contributed by atoms with van der Waals surface area (Å²) in [5.41, 5.74) is 0. The van der Waals surface area contributed by atoms with Crippen molar-refractivity contribution in [3.8, 4) is 0 Å². The summed E-state index contributed by atoms with van der Waals surface area (Å²) in [6, 6.07) is 0. The molecule has 0 aromatic carbocycles. The molecule has 4 heteroatoms. The van der Waals surface area contributed by atoms with E-state index in [1.807, 2.05) is 0 Å². The molecule has 0 spiro atoms. The molecule has 0 aromatic heterocycles. The van der Waals surface area contributed by atoms with Crippen LogP contribution in [0.2, 0.25) is 0 Å². The minimum atomic E-state index is 0. The third-order valence-corrected chi connectivity index (χ3v) is 0. The molecule has 0 aliphatic heterocycles. The van der Waals surface area contributed by atoms with Crippen molar-refractivity contribution in [1.82, 2.24) is 0 Å². The molecule has 0 aliphatic carbocycles. The van der Waals surface area contributed by atoms with Gasteiger partial charge in [-0.05, 0) is 0 Å². The monoisotopic (exact) mass is 228 g/mol. The molecular formula is AlFeMnZr. The van der Waals surface area contributed by atoms with Crippen LogP contribution in [0.25, 0.3) is 0 Å². The van der Waals surface area contributed by atoms with Crippen LogP contribution in [0, 0.1) is 0 Å². The van der Waals surface area contributed by atoms with E-state index in [0.717, 1.165) is 0 Å². The van der Waals surface area contributed by atoms with E-state index in [0.29, 0.717) is 0 Å². The average molecular weight is 229 g/mol. The second kappa shape index (κ2) is 18.0. The van der Waals surface area contributed by atoms with Crippen molar-refractivity contribution in [1.29, 1.82) is 0 Å². The van der Waals surface area contributed by atoms with Crippen LogP contribution in [0.15, 0.2) is 0 Å². The summed E-state index contributed by atoms with van der Waals surface area (Å²) in [6.45, 7) is 0. The summed E-state index contributed by atoms with van der Waals surface area (Å²) in [7, 11) is 0. The molecule has 0 saturated heterocycles. The third kappa shape index (κ3) is 8.82. The molecule has 0 atom stereocenters. The molecule has 0 nitrogen and oxygen atoms in total. The SMILES string of the molecule is [Al].[Fe].[Mn].[Zr]. The van der Waals surface area contributed by atoms with E-state index in [9.17, 15) is 0 Å². The van der Waals surface area contributed by atoms with E-state index < -0.39 is 0 Å². The summed E-state index contributed by atoms with van der Waals surface area (Å²) in [6.07, 6.45) is 0. The van der Waals surface area contributed by atoms with Gasteiger partial charge in [0, 0.05) is 77.7 Å². The van der Waals surface area contributed by atoms with Crippen molar-refractivity contribution >= 4 is 17.4 Å². The Bertz CT molecular complexity index is 8.00. The van der Waals surface area contributed by atoms with Crippen LogP contribution in [0.4, 0.5) is 0 Å². The molecule has 0 bridgehead atoms. The molecule has 4 heavy (non-hydrogen) atoms. The third-order valence-electron chi connectivity index (χ3n) is 0. The van der Waals surface area contributed by atoms with Gasteiger partial charge in [-0.1, -0.05) is 0 Å². The smallest absolute Gasteiger partial charge is 0 e. The second-order valence-electron chi connectivity index (χ2n) is 0. The average Bonchev–Trinajstić information content (AvgIpc) is 0. The van der Waals surface area contributed by atoms with Gasteiger partial charge < -0.3 is 0 Å². The van der Waals surface area contributed by atoms with Crippen LogP contribution in [-0.4, -0.2) is 17.4 Å². The molecule has 0 amide bonds. The van der Waals surface area contributed by atoms with E-state index in [4.69, 9.17) is 0 Å². The zero-order chi connectivity index (χ0) is 0. The van der Waals surface area contributed by atoms with Gasteiger partial charge in [0.15, 0.2) is 0 Å². The summed E-state index contributed by atoms with van der Waals surface area (Å²) in [5.74, 6) is 0. The van der Waals surface area contributed by atoms with Crippen molar-refractivity contribution in [2.75, 3.05) is 0 Å². The predicted octanol–water partition coefficient (Wildman–Crippen LogP) is -0.388. The van der Waals surface area contributed by atoms with Gasteiger partial charge in [0.2, 0.25) is 0 Å². The molecule has 0 unspecified atom stereocenters. The van der Waals surface area contributed by atoms with Gasteiger partial charge in [0.05, 0.1) is 0 Å². The Morgan fingerprint density at radius 1 is 1.00 bits per heavy atom. The fourth-order valence-corrected chi connectivity index (χ4v) is 0. The summed E-state index contributed by atoms with van der Waals surface area (Å²) < 4.78 is 0. The summed E-state index contributed by atoms with van der Waals surface area (Å²) in [5, 5.41) is 0. The van der Waals surface area contributed by atoms with Crippen LogP contribution in [0.1, 0.15) is 0 Å². The predicted molar refractivity (Wildman–Crippen MR) is 5.75 cm³/mol. The van der Waals surface area contributed by atoms with Crippen LogP contribution in [-0.2, 0) is 60.3 Å². The largest absolute Gasteiger partial charge is 0 e. The molecular weight excluding hydrogens is 229 g/mol. The zero-order valence-electron chi connectivity index (χ0n) is 1.81. The number of hydrogen-bond donors (Lipinski definition) is 0. The Balaban J connectivity index is 0. The maximum Gasteiger partial charge on any atom is 0 e. The Kier molecular flexibility index (Phi) is 143. The topological polar surface area (TPSA) is 0 Å². The van der Waals surface area contributed by atoms with E-state index in [1.165, 1.54) is 0 Å². The fraction of sp³-hybridized carbons (Fsp3) is 0. The molecule has 0 aromatic rings. The van der Waals surface area contributed by atoms with E-state index in [1.54, 1.807) is 0 Å². The first-order valence-corrected chi connectivity index (χ1v) is 0. The van der Waals surface area contributed by atoms with Crippen molar-refractivity contribution < 1.29 is 60.3 Å². The Labute approximate surface area is 76.7 Å². The minimum absolute atomic E-state index is 0. The molecule has 0 N–H and O–H groups in total. The Morgan fingerprint density at radius 3 is 1.00 bits per heavy atom.